The summed E-state index contributed by atoms with van der Waals surface area (Å²) in [7, 11) is 0. The predicted octanol–water partition coefficient (Wildman–Crippen LogP) is 7.62. The van der Waals surface area contributed by atoms with Crippen LogP contribution in [0.5, 0.6) is 0 Å². The van der Waals surface area contributed by atoms with Crippen LogP contribution in [0.2, 0.25) is 0 Å². The average Bonchev–Trinajstić information content (AvgIpc) is 2.62. The van der Waals surface area contributed by atoms with Crippen molar-refractivity contribution in [1.82, 2.24) is 0 Å². The number of fused-ring (bicyclic) bond motifs is 6. The van der Waals surface area contributed by atoms with Gasteiger partial charge in [-0.05, 0) is 60.7 Å². The Morgan fingerprint density at radius 3 is 2.31 bits per heavy atom. The van der Waals surface area contributed by atoms with Crippen LogP contribution in [0.1, 0.15) is 130 Å². The monoisotopic (exact) mass is 361 g/mol. The lowest BCUT2D eigenvalue weighted by Crippen LogP contribution is -2.66. The lowest BCUT2D eigenvalue weighted by molar-refractivity contribution is -0.153. The van der Waals surface area contributed by atoms with Crippen molar-refractivity contribution < 1.29 is 0 Å². The predicted molar refractivity (Wildman–Crippen MR) is 114 cm³/mol. The van der Waals surface area contributed by atoms with Crippen molar-refractivity contribution in [3.63, 3.8) is 0 Å². The summed E-state index contributed by atoms with van der Waals surface area (Å²) >= 11 is 0. The molecule has 3 aliphatic rings. The summed E-state index contributed by atoms with van der Waals surface area (Å²) < 4.78 is 0. The maximum Gasteiger partial charge on any atom is 0.0214 e. The molecule has 3 aliphatic carbocycles. The second kappa shape index (κ2) is 7.76. The van der Waals surface area contributed by atoms with Crippen LogP contribution >= 0.6 is 0 Å². The van der Waals surface area contributed by atoms with Crippen molar-refractivity contribution >= 4 is 0 Å². The fraction of sp³-hybridized carbons (Fsp3) is 1.00. The first-order valence-corrected chi connectivity index (χ1v) is 12.1. The highest BCUT2D eigenvalue weighted by atomic mass is 14.8. The Morgan fingerprint density at radius 2 is 1.54 bits per heavy atom. The quantitative estimate of drug-likeness (QED) is 0.512. The van der Waals surface area contributed by atoms with Crippen molar-refractivity contribution in [3.8, 4) is 0 Å². The standard InChI is InChI=1S/C25H47N/c1-5-6-10-16-24-17-12-8-13-18-25(26,20-24)22(3)15-11-7-9-14-21(2)23(24,4)19-22/h21H,5-20,26H2,1-4H3. The van der Waals surface area contributed by atoms with Crippen LogP contribution in [0, 0.1) is 22.2 Å². The van der Waals surface area contributed by atoms with E-state index in [1.807, 2.05) is 0 Å². The lowest BCUT2D eigenvalue weighted by atomic mass is 9.39. The zero-order chi connectivity index (χ0) is 18.9. The van der Waals surface area contributed by atoms with Gasteiger partial charge in [0, 0.05) is 5.54 Å². The third-order valence-electron chi connectivity index (χ3n) is 9.82. The van der Waals surface area contributed by atoms with Crippen molar-refractivity contribution in [1.29, 1.82) is 0 Å². The molecule has 0 spiro atoms. The Kier molecular flexibility index (Phi) is 6.18. The highest BCUT2D eigenvalue weighted by Gasteiger charge is 2.63. The van der Waals surface area contributed by atoms with Gasteiger partial charge < -0.3 is 5.73 Å². The second-order valence-electron chi connectivity index (χ2n) is 11.3. The van der Waals surface area contributed by atoms with E-state index in [2.05, 4.69) is 27.7 Å². The van der Waals surface area contributed by atoms with Gasteiger partial charge in [0.2, 0.25) is 0 Å². The number of hydrogen-bond acceptors (Lipinski definition) is 1. The van der Waals surface area contributed by atoms with Gasteiger partial charge >= 0.3 is 0 Å². The Hall–Kier alpha value is -0.0400. The van der Waals surface area contributed by atoms with Crippen LogP contribution < -0.4 is 5.73 Å². The van der Waals surface area contributed by atoms with Gasteiger partial charge in [-0.15, -0.1) is 0 Å². The molecule has 0 saturated heterocycles. The van der Waals surface area contributed by atoms with E-state index in [4.69, 9.17) is 5.73 Å². The van der Waals surface area contributed by atoms with E-state index in [-0.39, 0.29) is 5.54 Å². The summed E-state index contributed by atoms with van der Waals surface area (Å²) in [4.78, 5) is 0. The Labute approximate surface area is 164 Å². The fourth-order valence-electron chi connectivity index (χ4n) is 7.75. The molecular weight excluding hydrogens is 314 g/mol. The maximum absolute atomic E-state index is 7.42. The summed E-state index contributed by atoms with van der Waals surface area (Å²) in [6, 6.07) is 0. The summed E-state index contributed by atoms with van der Waals surface area (Å²) in [6.45, 7) is 10.3. The van der Waals surface area contributed by atoms with Crippen LogP contribution in [0.15, 0.2) is 0 Å². The summed E-state index contributed by atoms with van der Waals surface area (Å²) in [5.74, 6) is 0.852. The molecule has 0 amide bonds. The van der Waals surface area contributed by atoms with E-state index in [0.29, 0.717) is 16.2 Å². The lowest BCUT2D eigenvalue weighted by Gasteiger charge is -2.67. The van der Waals surface area contributed by atoms with Gasteiger partial charge in [-0.2, -0.15) is 0 Å². The van der Waals surface area contributed by atoms with E-state index in [9.17, 15) is 0 Å². The molecule has 1 heteroatoms. The first-order chi connectivity index (χ1) is 12.3. The topological polar surface area (TPSA) is 26.0 Å². The molecule has 152 valence electrons. The van der Waals surface area contributed by atoms with Gasteiger partial charge in [0.05, 0.1) is 0 Å². The molecule has 3 rings (SSSR count). The zero-order valence-corrected chi connectivity index (χ0v) is 18.5. The largest absolute Gasteiger partial charge is 0.325 e. The van der Waals surface area contributed by atoms with Crippen LogP contribution in [0.3, 0.4) is 0 Å². The first kappa shape index (κ1) is 20.7. The highest BCUT2D eigenvalue weighted by molar-refractivity contribution is 5.16. The molecule has 3 fully saturated rings. The van der Waals surface area contributed by atoms with E-state index in [0.717, 1.165) is 5.92 Å². The van der Waals surface area contributed by atoms with Gasteiger partial charge in [0.15, 0.2) is 0 Å². The molecule has 5 atom stereocenters. The number of unbranched alkanes of at least 4 members (excludes halogenated alkanes) is 2. The van der Waals surface area contributed by atoms with E-state index >= 15 is 0 Å². The van der Waals surface area contributed by atoms with Gasteiger partial charge in [-0.25, -0.2) is 0 Å². The van der Waals surface area contributed by atoms with E-state index < -0.39 is 0 Å². The van der Waals surface area contributed by atoms with Gasteiger partial charge in [0.1, 0.15) is 0 Å². The Balaban J connectivity index is 2.05. The normalized spacial score (nSPS) is 47.2. The molecule has 2 N–H and O–H groups in total. The average molecular weight is 362 g/mol. The zero-order valence-electron chi connectivity index (χ0n) is 18.5. The minimum atomic E-state index is 0.0865. The van der Waals surface area contributed by atoms with Crippen LogP contribution in [0.4, 0.5) is 0 Å². The van der Waals surface area contributed by atoms with Gasteiger partial charge in [-0.3, -0.25) is 0 Å². The van der Waals surface area contributed by atoms with E-state index in [1.54, 1.807) is 0 Å². The summed E-state index contributed by atoms with van der Waals surface area (Å²) in [6.07, 6.45) is 22.4. The smallest absolute Gasteiger partial charge is 0.0214 e. The van der Waals surface area contributed by atoms with Crippen LogP contribution in [-0.2, 0) is 0 Å². The molecule has 0 radical (unpaired) electrons. The minimum absolute atomic E-state index is 0.0865. The summed E-state index contributed by atoms with van der Waals surface area (Å²) in [5, 5.41) is 0. The first-order valence-electron chi connectivity index (χ1n) is 12.1. The third kappa shape index (κ3) is 3.40. The molecule has 0 aromatic heterocycles. The van der Waals surface area contributed by atoms with Gasteiger partial charge in [0.25, 0.3) is 0 Å². The van der Waals surface area contributed by atoms with Gasteiger partial charge in [-0.1, -0.05) is 91.9 Å². The fourth-order valence-corrected chi connectivity index (χ4v) is 7.75. The number of nitrogens with two attached hydrogens (primary N) is 1. The Bertz CT molecular complexity index is 473. The van der Waals surface area contributed by atoms with Crippen molar-refractivity contribution in [2.24, 2.45) is 27.9 Å². The molecule has 0 aliphatic heterocycles. The van der Waals surface area contributed by atoms with Crippen molar-refractivity contribution in [2.45, 2.75) is 136 Å². The van der Waals surface area contributed by atoms with Crippen LogP contribution in [0.25, 0.3) is 0 Å². The Morgan fingerprint density at radius 1 is 0.846 bits per heavy atom. The molecule has 1 nitrogen and oxygen atoms in total. The molecule has 3 saturated carbocycles. The third-order valence-corrected chi connectivity index (χ3v) is 9.82. The molecule has 4 bridgehead atoms. The minimum Gasteiger partial charge on any atom is -0.325 e. The van der Waals surface area contributed by atoms with E-state index in [1.165, 1.54) is 103 Å². The maximum atomic E-state index is 7.42. The number of rotatable bonds is 4. The molecule has 0 aromatic rings. The van der Waals surface area contributed by atoms with Crippen molar-refractivity contribution in [2.75, 3.05) is 0 Å². The molecule has 0 aromatic carbocycles. The second-order valence-corrected chi connectivity index (χ2v) is 11.3. The highest BCUT2D eigenvalue weighted by Crippen LogP contribution is 2.69. The molecule has 0 heterocycles. The summed E-state index contributed by atoms with van der Waals surface area (Å²) in [5.41, 5.74) is 8.85. The van der Waals surface area contributed by atoms with Crippen LogP contribution in [-0.4, -0.2) is 5.54 Å². The SMILES string of the molecule is CCCCCC12CCCCCC(N)(C1)C1(C)CCCCCC(C)C2(C)C1. The van der Waals surface area contributed by atoms with Crippen molar-refractivity contribution in [3.05, 3.63) is 0 Å². The molecule has 5 unspecified atom stereocenters. The molecule has 26 heavy (non-hydrogen) atoms. The number of hydrogen-bond donors (Lipinski definition) is 1. The molecular formula is C25H47N.